The van der Waals surface area contributed by atoms with E-state index in [0.717, 1.165) is 0 Å². The summed E-state index contributed by atoms with van der Waals surface area (Å²) in [6.45, 7) is 12.2. The largest absolute Gasteiger partial charge is 0.479 e. The molecule has 31 atom stereocenters. The fourth-order valence-corrected chi connectivity index (χ4v) is 16.4. The Morgan fingerprint density at radius 3 is 1.90 bits per heavy atom. The molecule has 4 heterocycles. The van der Waals surface area contributed by atoms with Crippen LogP contribution in [0.4, 0.5) is 0 Å². The standard InChI is InChI=1S/C53H86O24/c1-21-29(58)32(61)37(66)45(71-21)75-39-33(62)31(60)25(17-54)72-46(39)76-40-35(64)34(63)38(43(68)69)74-47(40)73-28-11-12-50(4)26(51(28,5)20-56)10-13-53(7)27(50)9-8-22-23-16-48(2,19-55)41(67)42(49(23,3)14-15-52(22,53)6)77-44-36(65)30(59)24(57)18-70-44/h8,21,23-42,44-47,54-67H,9-20H2,1-7H3,(H,68,69)/t21-,23+,24-,25+,26-,27-,28-,29-,30-,31+,32+,33-,34-,35-,36+,37+,38-,39+,40+,41+,42+,44-,45-,46-,47+,48+,49+,50-,51+,52+,53+/m0/s1. The minimum atomic E-state index is -2.12. The Morgan fingerprint density at radius 1 is 0.623 bits per heavy atom. The van der Waals surface area contributed by atoms with E-state index in [1.54, 1.807) is 0 Å². The van der Waals surface area contributed by atoms with E-state index in [4.69, 9.17) is 37.9 Å². The third-order valence-electron chi connectivity index (χ3n) is 21.7. The van der Waals surface area contributed by atoms with Gasteiger partial charge in [0.15, 0.2) is 31.3 Å². The Hall–Kier alpha value is -1.67. The van der Waals surface area contributed by atoms with Gasteiger partial charge in [0.1, 0.15) is 79.4 Å². The maximum atomic E-state index is 12.6. The fraction of sp³-hybridized carbons (Fsp3) is 0.943. The number of carboxylic acids is 1. The molecule has 0 aromatic heterocycles. The molecule has 4 aliphatic heterocycles. The van der Waals surface area contributed by atoms with Crippen LogP contribution < -0.4 is 0 Å². The van der Waals surface area contributed by atoms with E-state index in [1.807, 2.05) is 13.8 Å². The lowest BCUT2D eigenvalue weighted by atomic mass is 9.33. The first-order valence-corrected chi connectivity index (χ1v) is 27.5. The van der Waals surface area contributed by atoms with Crippen molar-refractivity contribution in [2.75, 3.05) is 26.4 Å². The summed E-state index contributed by atoms with van der Waals surface area (Å²) in [7, 11) is 0. The maximum Gasteiger partial charge on any atom is 0.335 e. The highest BCUT2D eigenvalue weighted by Gasteiger charge is 2.71. The average molecular weight is 1110 g/mol. The van der Waals surface area contributed by atoms with E-state index in [0.29, 0.717) is 51.4 Å². The number of ether oxygens (including phenoxy) is 8. The normalized spacial score (nSPS) is 56.9. The summed E-state index contributed by atoms with van der Waals surface area (Å²) in [5.74, 6) is -1.99. The number of fused-ring (bicyclic) bond motifs is 7. The molecule has 5 aliphatic carbocycles. The van der Waals surface area contributed by atoms with Gasteiger partial charge in [-0.2, -0.15) is 0 Å². The van der Waals surface area contributed by atoms with Crippen molar-refractivity contribution in [3.8, 4) is 0 Å². The van der Waals surface area contributed by atoms with Crippen molar-refractivity contribution in [3.63, 3.8) is 0 Å². The lowest BCUT2D eigenvalue weighted by molar-refractivity contribution is -0.396. The van der Waals surface area contributed by atoms with E-state index in [1.165, 1.54) is 12.5 Å². The number of aliphatic hydroxyl groups excluding tert-OH is 14. The number of allylic oxidation sites excluding steroid dienone is 2. The first-order chi connectivity index (χ1) is 36.0. The molecule has 15 N–H and O–H groups in total. The molecule has 0 aromatic carbocycles. The summed E-state index contributed by atoms with van der Waals surface area (Å²) < 4.78 is 48.4. The number of aliphatic hydroxyl groups is 14. The molecule has 0 bridgehead atoms. The summed E-state index contributed by atoms with van der Waals surface area (Å²) in [6.07, 6.45) is -28.9. The van der Waals surface area contributed by atoms with Crippen LogP contribution in [0, 0.1) is 50.2 Å². The van der Waals surface area contributed by atoms with E-state index in [9.17, 15) is 81.4 Å². The van der Waals surface area contributed by atoms with Gasteiger partial charge in [0.2, 0.25) is 0 Å². The van der Waals surface area contributed by atoms with Crippen LogP contribution in [-0.4, -0.2) is 244 Å². The quantitative estimate of drug-likeness (QED) is 0.0689. The number of hydrogen-bond acceptors (Lipinski definition) is 23. The number of carbonyl (C=O) groups is 1. The molecule has 0 amide bonds. The zero-order valence-electron chi connectivity index (χ0n) is 44.9. The molecule has 9 aliphatic rings. The highest BCUT2D eigenvalue weighted by atomic mass is 16.8. The number of carboxylic acid groups (broad SMARTS) is 1. The Kier molecular flexibility index (Phi) is 16.7. The van der Waals surface area contributed by atoms with Gasteiger partial charge in [-0.05, 0) is 92.3 Å². The Bertz CT molecular complexity index is 2140. The van der Waals surface area contributed by atoms with E-state index >= 15 is 0 Å². The van der Waals surface area contributed by atoms with Gasteiger partial charge in [-0.15, -0.1) is 0 Å². The van der Waals surface area contributed by atoms with Crippen molar-refractivity contribution in [3.05, 3.63) is 11.6 Å². The lowest BCUT2D eigenvalue weighted by Crippen LogP contribution is -2.69. The third kappa shape index (κ3) is 9.41. The minimum absolute atomic E-state index is 0.0545. The number of aliphatic carboxylic acids is 1. The summed E-state index contributed by atoms with van der Waals surface area (Å²) in [6, 6.07) is 0. The first-order valence-electron chi connectivity index (χ1n) is 27.5. The number of hydrogen-bond donors (Lipinski definition) is 15. The Morgan fingerprint density at radius 2 is 1.26 bits per heavy atom. The monoisotopic (exact) mass is 1110 g/mol. The minimum Gasteiger partial charge on any atom is -0.479 e. The van der Waals surface area contributed by atoms with Gasteiger partial charge in [0.25, 0.3) is 0 Å². The summed E-state index contributed by atoms with van der Waals surface area (Å²) in [4.78, 5) is 12.6. The van der Waals surface area contributed by atoms with Crippen LogP contribution in [0.15, 0.2) is 11.6 Å². The molecule has 4 saturated heterocycles. The molecule has 9 rings (SSSR count). The van der Waals surface area contributed by atoms with Crippen molar-refractivity contribution >= 4 is 5.97 Å². The average Bonchev–Trinajstić information content (AvgIpc) is 3.54. The van der Waals surface area contributed by atoms with Gasteiger partial charge < -0.3 is 114 Å². The van der Waals surface area contributed by atoms with Gasteiger partial charge in [0.05, 0.1) is 50.8 Å². The molecule has 0 aromatic rings. The first kappa shape index (κ1) is 59.9. The second kappa shape index (κ2) is 21.5. The molecule has 0 radical (unpaired) electrons. The van der Waals surface area contributed by atoms with Gasteiger partial charge in [-0.25, -0.2) is 4.79 Å². The third-order valence-corrected chi connectivity index (χ3v) is 21.7. The van der Waals surface area contributed by atoms with Crippen LogP contribution in [0.2, 0.25) is 0 Å². The van der Waals surface area contributed by atoms with Crippen LogP contribution in [0.3, 0.4) is 0 Å². The Labute approximate surface area is 447 Å². The summed E-state index contributed by atoms with van der Waals surface area (Å²) in [5.41, 5.74) is -2.72. The van der Waals surface area contributed by atoms with Gasteiger partial charge in [0, 0.05) is 16.2 Å². The Balaban J connectivity index is 0.990. The van der Waals surface area contributed by atoms with Crippen molar-refractivity contribution < 1.29 is 119 Å². The van der Waals surface area contributed by atoms with Crippen molar-refractivity contribution in [1.29, 1.82) is 0 Å². The molecule has 8 fully saturated rings. The predicted molar refractivity (Wildman–Crippen MR) is 260 cm³/mol. The van der Waals surface area contributed by atoms with Crippen LogP contribution in [0.5, 0.6) is 0 Å². The van der Waals surface area contributed by atoms with E-state index in [2.05, 4.69) is 33.8 Å². The summed E-state index contributed by atoms with van der Waals surface area (Å²) >= 11 is 0. The molecule has 0 spiro atoms. The number of rotatable bonds is 12. The molecule has 442 valence electrons. The van der Waals surface area contributed by atoms with Gasteiger partial charge >= 0.3 is 5.97 Å². The highest BCUT2D eigenvalue weighted by molar-refractivity contribution is 5.73. The zero-order valence-corrected chi connectivity index (χ0v) is 44.9. The smallest absolute Gasteiger partial charge is 0.335 e. The van der Waals surface area contributed by atoms with Gasteiger partial charge in [-0.3, -0.25) is 0 Å². The van der Waals surface area contributed by atoms with E-state index < -0.39 is 181 Å². The topological polar surface area (TPSA) is 394 Å². The molecular weight excluding hydrogens is 1020 g/mol. The predicted octanol–water partition coefficient (Wildman–Crippen LogP) is -2.89. The SMILES string of the molecule is C[C@@H]1O[C@@H](O[C@H]2[C@H](O[C@H]3[C@H](O[C@H]4CC[C@@]5(C)[C@H](CC[C@]6(C)[C@H]5CC=C5[C@H]7C[C@](C)(CO)[C@H](O)[C@@H](O[C@@H]8OC[C@H](O)[C@H](O)[C@H]8O)[C@]7(C)CC[C@]56C)[C@@]4(C)CO)O[C@H](C(=O)O)[C@@H](O)[C@@H]3O)O[C@H](CO)[C@@H](O)[C@@H]2O)[C@H](O)[C@H](O)[C@H]1O. The molecule has 77 heavy (non-hydrogen) atoms. The maximum absolute atomic E-state index is 12.6. The van der Waals surface area contributed by atoms with Crippen molar-refractivity contribution in [1.82, 2.24) is 0 Å². The van der Waals surface area contributed by atoms with Crippen LogP contribution in [0.1, 0.15) is 99.8 Å². The second-order valence-corrected chi connectivity index (χ2v) is 25.8. The zero-order chi connectivity index (χ0) is 56.4. The second-order valence-electron chi connectivity index (χ2n) is 25.8. The van der Waals surface area contributed by atoms with Crippen molar-refractivity contribution in [2.45, 2.75) is 235 Å². The molecule has 4 saturated carbocycles. The lowest BCUT2D eigenvalue weighted by Gasteiger charge is -2.72. The van der Waals surface area contributed by atoms with Crippen LogP contribution in [0.25, 0.3) is 0 Å². The highest BCUT2D eigenvalue weighted by Crippen LogP contribution is 2.76. The van der Waals surface area contributed by atoms with Crippen LogP contribution in [-0.2, 0) is 42.7 Å². The van der Waals surface area contributed by atoms with Crippen molar-refractivity contribution in [2.24, 2.45) is 50.2 Å². The summed E-state index contributed by atoms with van der Waals surface area (Å²) in [5, 5.41) is 164. The van der Waals surface area contributed by atoms with Crippen LogP contribution >= 0.6 is 0 Å². The van der Waals surface area contributed by atoms with E-state index in [-0.39, 0.29) is 36.4 Å². The molecule has 0 unspecified atom stereocenters. The molecule has 24 heteroatoms. The van der Waals surface area contributed by atoms with Gasteiger partial charge in [-0.1, -0.05) is 53.2 Å². The fourth-order valence-electron chi connectivity index (χ4n) is 16.4. The molecule has 24 nitrogen and oxygen atoms in total. The molecular formula is C53H86O24.